The summed E-state index contributed by atoms with van der Waals surface area (Å²) in [6.45, 7) is 1.66. The fourth-order valence-corrected chi connectivity index (χ4v) is 3.16. The molecule has 0 unspecified atom stereocenters. The van der Waals surface area contributed by atoms with Crippen molar-refractivity contribution in [2.24, 2.45) is 5.10 Å². The second-order valence-electron chi connectivity index (χ2n) is 5.71. The van der Waals surface area contributed by atoms with Gasteiger partial charge in [-0.1, -0.05) is 35.6 Å². The molecule has 1 amide bonds. The molecule has 27 heavy (non-hydrogen) atoms. The molecular weight excluding hydrogens is 377 g/mol. The van der Waals surface area contributed by atoms with Crippen LogP contribution in [0.25, 0.3) is 10.2 Å². The van der Waals surface area contributed by atoms with E-state index in [4.69, 9.17) is 0 Å². The zero-order valence-electron chi connectivity index (χ0n) is 14.1. The van der Waals surface area contributed by atoms with Gasteiger partial charge in [-0.25, -0.2) is 10.4 Å². The summed E-state index contributed by atoms with van der Waals surface area (Å²) in [4.78, 5) is 16.5. The van der Waals surface area contributed by atoms with Crippen molar-refractivity contribution >= 4 is 38.8 Å². The van der Waals surface area contributed by atoms with Gasteiger partial charge in [-0.2, -0.15) is 18.3 Å². The molecule has 5 nitrogen and oxygen atoms in total. The van der Waals surface area contributed by atoms with E-state index >= 15 is 0 Å². The summed E-state index contributed by atoms with van der Waals surface area (Å²) in [6, 6.07) is 11.5. The Hall–Kier alpha value is -2.94. The van der Waals surface area contributed by atoms with Crippen molar-refractivity contribution in [3.05, 3.63) is 59.7 Å². The van der Waals surface area contributed by atoms with Gasteiger partial charge in [-0.15, -0.1) is 0 Å². The molecule has 140 valence electrons. The molecule has 9 heteroatoms. The number of alkyl halides is 3. The van der Waals surface area contributed by atoms with Crippen LogP contribution in [0.2, 0.25) is 0 Å². The average molecular weight is 392 g/mol. The number of para-hydroxylation sites is 1. The molecule has 0 fully saturated rings. The predicted molar refractivity (Wildman–Crippen MR) is 99.9 cm³/mol. The van der Waals surface area contributed by atoms with Crippen LogP contribution in [0.15, 0.2) is 53.6 Å². The molecular formula is C18H15F3N4OS. The van der Waals surface area contributed by atoms with Gasteiger partial charge in [0, 0.05) is 0 Å². The monoisotopic (exact) mass is 392 g/mol. The van der Waals surface area contributed by atoms with Crippen LogP contribution < -0.4 is 10.7 Å². The molecule has 0 bridgehead atoms. The second-order valence-corrected chi connectivity index (χ2v) is 6.74. The lowest BCUT2D eigenvalue weighted by molar-refractivity contribution is -0.137. The zero-order valence-corrected chi connectivity index (χ0v) is 14.9. The smallest absolute Gasteiger partial charge is 0.350 e. The van der Waals surface area contributed by atoms with Crippen LogP contribution in [0.4, 0.5) is 18.3 Å². The molecule has 0 saturated carbocycles. The van der Waals surface area contributed by atoms with Crippen LogP contribution in [0, 0.1) is 0 Å². The summed E-state index contributed by atoms with van der Waals surface area (Å²) >= 11 is 1.43. The Balaban J connectivity index is 1.55. The van der Waals surface area contributed by atoms with Crippen molar-refractivity contribution in [1.29, 1.82) is 0 Å². The topological polar surface area (TPSA) is 66.4 Å². The molecule has 0 radical (unpaired) electrons. The molecule has 2 aromatic carbocycles. The highest BCUT2D eigenvalue weighted by Crippen LogP contribution is 2.29. The third kappa shape index (κ3) is 4.82. The highest BCUT2D eigenvalue weighted by atomic mass is 32.1. The number of fused-ring (bicyclic) bond motifs is 1. The van der Waals surface area contributed by atoms with Gasteiger partial charge in [0.2, 0.25) is 0 Å². The van der Waals surface area contributed by atoms with E-state index in [9.17, 15) is 18.0 Å². The number of hydrazone groups is 1. The van der Waals surface area contributed by atoms with Gasteiger partial charge in [0.05, 0.1) is 22.0 Å². The summed E-state index contributed by atoms with van der Waals surface area (Å²) in [5, 5.41) is 7.39. The van der Waals surface area contributed by atoms with Crippen LogP contribution in [0.5, 0.6) is 0 Å². The molecule has 2 N–H and O–H groups in total. The highest BCUT2D eigenvalue weighted by Gasteiger charge is 2.29. The number of nitrogens with one attached hydrogen (secondary N) is 2. The van der Waals surface area contributed by atoms with Gasteiger partial charge in [0.15, 0.2) is 5.13 Å². The van der Waals surface area contributed by atoms with E-state index in [1.165, 1.54) is 29.7 Å². The predicted octanol–water partition coefficient (Wildman–Crippen LogP) is 4.27. The fraction of sp³-hybridized carbons (Fsp3) is 0.167. The van der Waals surface area contributed by atoms with E-state index in [1.54, 1.807) is 6.92 Å². The summed E-state index contributed by atoms with van der Waals surface area (Å²) in [5.41, 5.74) is 2.90. The molecule has 1 atom stereocenters. The standard InChI is InChI=1S/C18H15F3N4OS/c1-11(23-17-24-14-4-2-3-5-15(14)27-17)16(26)25-22-10-12-6-8-13(9-7-12)18(19,20)21/h2-11H,1H3,(H,23,24)(H,25,26)/b22-10-/t11-/m1/s1. The first-order chi connectivity index (χ1) is 12.8. The number of carbonyl (C=O) groups excluding carboxylic acids is 1. The largest absolute Gasteiger partial charge is 0.416 e. The lowest BCUT2D eigenvalue weighted by atomic mass is 10.1. The Morgan fingerprint density at radius 1 is 1.19 bits per heavy atom. The van der Waals surface area contributed by atoms with E-state index in [-0.39, 0.29) is 0 Å². The first kappa shape index (κ1) is 18.8. The Morgan fingerprint density at radius 2 is 1.89 bits per heavy atom. The van der Waals surface area contributed by atoms with Crippen molar-refractivity contribution in [3.8, 4) is 0 Å². The quantitative estimate of drug-likeness (QED) is 0.504. The highest BCUT2D eigenvalue weighted by molar-refractivity contribution is 7.22. The van der Waals surface area contributed by atoms with Crippen LogP contribution >= 0.6 is 11.3 Å². The van der Waals surface area contributed by atoms with Crippen molar-refractivity contribution in [2.75, 3.05) is 5.32 Å². The summed E-state index contributed by atoms with van der Waals surface area (Å²) in [7, 11) is 0. The Morgan fingerprint density at radius 3 is 2.56 bits per heavy atom. The lowest BCUT2D eigenvalue weighted by Gasteiger charge is -2.10. The molecule has 3 rings (SSSR count). The van der Waals surface area contributed by atoms with E-state index in [2.05, 4.69) is 20.8 Å². The number of thiazole rings is 1. The SMILES string of the molecule is C[C@@H](Nc1nc2ccccc2s1)C(=O)N/N=C\c1ccc(C(F)(F)F)cc1. The minimum absolute atomic E-state index is 0.391. The van der Waals surface area contributed by atoms with Gasteiger partial charge in [0.25, 0.3) is 5.91 Å². The molecule has 3 aromatic rings. The molecule has 0 aliphatic heterocycles. The first-order valence-corrected chi connectivity index (χ1v) is 8.77. The number of benzene rings is 2. The summed E-state index contributed by atoms with van der Waals surface area (Å²) in [5.74, 6) is -0.391. The minimum Gasteiger partial charge on any atom is -0.350 e. The molecule has 0 saturated heterocycles. The maximum absolute atomic E-state index is 12.5. The molecule has 1 heterocycles. The molecule has 0 spiro atoms. The van der Waals surface area contributed by atoms with Crippen molar-refractivity contribution in [2.45, 2.75) is 19.1 Å². The molecule has 1 aromatic heterocycles. The maximum atomic E-state index is 12.5. The lowest BCUT2D eigenvalue weighted by Crippen LogP contribution is -2.34. The number of aromatic nitrogens is 1. The van der Waals surface area contributed by atoms with Crippen LogP contribution in [-0.4, -0.2) is 23.1 Å². The Bertz CT molecular complexity index is 934. The number of nitrogens with zero attached hydrogens (tertiary/aromatic N) is 2. The number of hydrogen-bond acceptors (Lipinski definition) is 5. The average Bonchev–Trinajstić information content (AvgIpc) is 3.03. The summed E-state index contributed by atoms with van der Waals surface area (Å²) in [6.07, 6.45) is -3.10. The zero-order chi connectivity index (χ0) is 19.4. The number of amides is 1. The number of carbonyl (C=O) groups is 1. The number of halogens is 3. The van der Waals surface area contributed by atoms with Gasteiger partial charge in [0.1, 0.15) is 6.04 Å². The number of hydrogen-bond donors (Lipinski definition) is 2. The van der Waals surface area contributed by atoms with Crippen molar-refractivity contribution in [1.82, 2.24) is 10.4 Å². The summed E-state index contributed by atoms with van der Waals surface area (Å²) < 4.78 is 38.5. The minimum atomic E-state index is -4.38. The van der Waals surface area contributed by atoms with Gasteiger partial charge >= 0.3 is 6.18 Å². The van der Waals surface area contributed by atoms with Crippen molar-refractivity contribution in [3.63, 3.8) is 0 Å². The van der Waals surface area contributed by atoms with Gasteiger partial charge in [-0.05, 0) is 36.8 Å². The second kappa shape index (κ2) is 7.75. The number of rotatable bonds is 5. The van der Waals surface area contributed by atoms with E-state index in [0.29, 0.717) is 10.7 Å². The van der Waals surface area contributed by atoms with E-state index < -0.39 is 23.7 Å². The molecule has 0 aliphatic carbocycles. The fourth-order valence-electron chi connectivity index (χ4n) is 2.21. The van der Waals surface area contributed by atoms with Gasteiger partial charge < -0.3 is 5.32 Å². The Kier molecular flexibility index (Phi) is 5.41. The normalized spacial score (nSPS) is 13.0. The molecule has 0 aliphatic rings. The van der Waals surface area contributed by atoms with Crippen LogP contribution in [0.3, 0.4) is 0 Å². The van der Waals surface area contributed by atoms with Crippen LogP contribution in [-0.2, 0) is 11.0 Å². The third-order valence-corrected chi connectivity index (χ3v) is 4.62. The van der Waals surface area contributed by atoms with E-state index in [0.717, 1.165) is 22.3 Å². The van der Waals surface area contributed by atoms with Crippen molar-refractivity contribution < 1.29 is 18.0 Å². The van der Waals surface area contributed by atoms with Crippen LogP contribution in [0.1, 0.15) is 18.1 Å². The Labute approximate surface area is 156 Å². The van der Waals surface area contributed by atoms with Gasteiger partial charge in [-0.3, -0.25) is 4.79 Å². The number of anilines is 1. The first-order valence-electron chi connectivity index (χ1n) is 7.95. The van der Waals surface area contributed by atoms with E-state index in [1.807, 2.05) is 24.3 Å². The maximum Gasteiger partial charge on any atom is 0.416 e. The third-order valence-electron chi connectivity index (χ3n) is 3.65.